The van der Waals surface area contributed by atoms with Crippen LogP contribution in [0.3, 0.4) is 0 Å². The summed E-state index contributed by atoms with van der Waals surface area (Å²) in [6.45, 7) is 1.48. The number of ether oxygens (including phenoxy) is 1. The summed E-state index contributed by atoms with van der Waals surface area (Å²) in [5.74, 6) is 0.640. The minimum Gasteiger partial charge on any atom is -0.496 e. The molecule has 1 unspecified atom stereocenters. The number of rotatable bonds is 4. The van der Waals surface area contributed by atoms with E-state index in [0.717, 1.165) is 5.56 Å². The number of methoxy groups -OCH3 is 1. The van der Waals surface area contributed by atoms with Crippen LogP contribution in [0, 0.1) is 0 Å². The molecule has 1 rings (SSSR count). The quantitative estimate of drug-likeness (QED) is 0.804. The van der Waals surface area contributed by atoms with Gasteiger partial charge in [0.1, 0.15) is 11.9 Å². The molecule has 1 atom stereocenters. The predicted octanol–water partition coefficient (Wildman–Crippen LogP) is 2.26. The van der Waals surface area contributed by atoms with E-state index >= 15 is 0 Å². The summed E-state index contributed by atoms with van der Waals surface area (Å²) in [6, 6.07) is 5.25. The zero-order valence-corrected chi connectivity index (χ0v) is 8.46. The smallest absolute Gasteiger partial charge is 0.123 e. The van der Waals surface area contributed by atoms with Gasteiger partial charge >= 0.3 is 0 Å². The van der Waals surface area contributed by atoms with Gasteiger partial charge in [-0.3, -0.25) is 0 Å². The third kappa shape index (κ3) is 2.23. The summed E-state index contributed by atoms with van der Waals surface area (Å²) >= 11 is 0. The number of aliphatic hydroxyl groups is 1. The maximum atomic E-state index is 13.2. The summed E-state index contributed by atoms with van der Waals surface area (Å²) in [4.78, 5) is 0. The largest absolute Gasteiger partial charge is 0.496 e. The van der Waals surface area contributed by atoms with Crippen molar-refractivity contribution in [2.75, 3.05) is 13.7 Å². The number of alkyl halides is 1. The maximum absolute atomic E-state index is 13.2. The predicted molar refractivity (Wildman–Crippen MR) is 53.3 cm³/mol. The summed E-state index contributed by atoms with van der Waals surface area (Å²) in [5, 5.41) is 8.87. The number of benzene rings is 1. The fourth-order valence-electron chi connectivity index (χ4n) is 1.53. The molecule has 0 bridgehead atoms. The first kappa shape index (κ1) is 11.0. The number of halogens is 1. The molecule has 0 saturated carbocycles. The molecule has 3 heteroatoms. The van der Waals surface area contributed by atoms with E-state index in [1.165, 1.54) is 6.92 Å². The lowest BCUT2D eigenvalue weighted by Gasteiger charge is -2.13. The first-order chi connectivity index (χ1) is 6.70. The van der Waals surface area contributed by atoms with Gasteiger partial charge in [0.2, 0.25) is 0 Å². The molecule has 0 aliphatic rings. The van der Waals surface area contributed by atoms with Gasteiger partial charge in [0.05, 0.1) is 7.11 Å². The SMILES string of the molecule is COc1cccc(C(C)F)c1CCO. The maximum Gasteiger partial charge on any atom is 0.123 e. The van der Waals surface area contributed by atoms with Gasteiger partial charge in [0.25, 0.3) is 0 Å². The van der Waals surface area contributed by atoms with Gasteiger partial charge in [-0.1, -0.05) is 12.1 Å². The highest BCUT2D eigenvalue weighted by Crippen LogP contribution is 2.28. The molecule has 0 aliphatic heterocycles. The third-order valence-corrected chi connectivity index (χ3v) is 2.18. The molecule has 0 aliphatic carbocycles. The second-order valence-electron chi connectivity index (χ2n) is 3.12. The molecule has 0 spiro atoms. The van der Waals surface area contributed by atoms with E-state index in [1.54, 1.807) is 25.3 Å². The van der Waals surface area contributed by atoms with Crippen molar-refractivity contribution in [3.8, 4) is 5.75 Å². The van der Waals surface area contributed by atoms with Gasteiger partial charge in [-0.25, -0.2) is 4.39 Å². The molecule has 2 nitrogen and oxygen atoms in total. The zero-order valence-electron chi connectivity index (χ0n) is 8.46. The first-order valence-corrected chi connectivity index (χ1v) is 4.61. The van der Waals surface area contributed by atoms with Crippen molar-refractivity contribution in [2.24, 2.45) is 0 Å². The molecule has 0 amide bonds. The Kier molecular flexibility index (Phi) is 3.89. The van der Waals surface area contributed by atoms with E-state index < -0.39 is 6.17 Å². The number of hydrogen-bond acceptors (Lipinski definition) is 2. The van der Waals surface area contributed by atoms with Crippen LogP contribution < -0.4 is 4.74 Å². The molecule has 1 N–H and O–H groups in total. The fraction of sp³-hybridized carbons (Fsp3) is 0.455. The van der Waals surface area contributed by atoms with Crippen molar-refractivity contribution in [1.82, 2.24) is 0 Å². The van der Waals surface area contributed by atoms with Gasteiger partial charge in [0.15, 0.2) is 0 Å². The van der Waals surface area contributed by atoms with Crippen LogP contribution in [0.4, 0.5) is 4.39 Å². The van der Waals surface area contributed by atoms with E-state index in [-0.39, 0.29) is 6.61 Å². The van der Waals surface area contributed by atoms with E-state index in [2.05, 4.69) is 0 Å². The third-order valence-electron chi connectivity index (χ3n) is 2.18. The fourth-order valence-corrected chi connectivity index (χ4v) is 1.53. The highest BCUT2D eigenvalue weighted by molar-refractivity contribution is 5.41. The molecular weight excluding hydrogens is 183 g/mol. The molecule has 1 aromatic carbocycles. The standard InChI is InChI=1S/C11H15FO2/c1-8(12)9-4-3-5-11(14-2)10(9)6-7-13/h3-5,8,13H,6-7H2,1-2H3. The van der Waals surface area contributed by atoms with Crippen LogP contribution in [-0.2, 0) is 6.42 Å². The average molecular weight is 198 g/mol. The van der Waals surface area contributed by atoms with E-state index in [9.17, 15) is 4.39 Å². The Hall–Kier alpha value is -1.09. The summed E-state index contributed by atoms with van der Waals surface area (Å²) in [5.41, 5.74) is 1.35. The second-order valence-corrected chi connectivity index (χ2v) is 3.12. The highest BCUT2D eigenvalue weighted by atomic mass is 19.1. The van der Waals surface area contributed by atoms with Crippen molar-refractivity contribution in [3.05, 3.63) is 29.3 Å². The molecule has 0 saturated heterocycles. The molecule has 0 heterocycles. The van der Waals surface area contributed by atoms with Crippen LogP contribution in [0.25, 0.3) is 0 Å². The average Bonchev–Trinajstić information content (AvgIpc) is 2.18. The first-order valence-electron chi connectivity index (χ1n) is 4.61. The molecule has 78 valence electrons. The van der Waals surface area contributed by atoms with Gasteiger partial charge in [0, 0.05) is 12.2 Å². The van der Waals surface area contributed by atoms with Crippen LogP contribution in [0.15, 0.2) is 18.2 Å². The van der Waals surface area contributed by atoms with E-state index in [1.807, 2.05) is 0 Å². The lowest BCUT2D eigenvalue weighted by atomic mass is 10.0. The van der Waals surface area contributed by atoms with E-state index in [4.69, 9.17) is 9.84 Å². The van der Waals surface area contributed by atoms with Crippen molar-refractivity contribution in [2.45, 2.75) is 19.5 Å². The Labute approximate surface area is 83.3 Å². The lowest BCUT2D eigenvalue weighted by molar-refractivity contribution is 0.293. The molecular formula is C11H15FO2. The molecule has 0 fully saturated rings. The minimum absolute atomic E-state index is 0.0000926. The second kappa shape index (κ2) is 4.96. The van der Waals surface area contributed by atoms with Gasteiger partial charge < -0.3 is 9.84 Å². The number of hydrogen-bond donors (Lipinski definition) is 1. The Bertz CT molecular complexity index is 297. The van der Waals surface area contributed by atoms with Crippen molar-refractivity contribution >= 4 is 0 Å². The van der Waals surface area contributed by atoms with Crippen molar-refractivity contribution < 1.29 is 14.2 Å². The van der Waals surface area contributed by atoms with Crippen LogP contribution in [0.5, 0.6) is 5.75 Å². The monoisotopic (exact) mass is 198 g/mol. The van der Waals surface area contributed by atoms with Gasteiger partial charge in [-0.15, -0.1) is 0 Å². The Morgan fingerprint density at radius 2 is 2.21 bits per heavy atom. The molecule has 14 heavy (non-hydrogen) atoms. The number of aliphatic hydroxyl groups excluding tert-OH is 1. The minimum atomic E-state index is -1.04. The Morgan fingerprint density at radius 3 is 2.71 bits per heavy atom. The van der Waals surface area contributed by atoms with Crippen molar-refractivity contribution in [3.63, 3.8) is 0 Å². The summed E-state index contributed by atoms with van der Waals surface area (Å²) in [7, 11) is 1.54. The van der Waals surface area contributed by atoms with Gasteiger partial charge in [-0.05, 0) is 25.0 Å². The normalized spacial score (nSPS) is 12.6. The zero-order chi connectivity index (χ0) is 10.6. The summed E-state index contributed by atoms with van der Waals surface area (Å²) < 4.78 is 18.3. The molecule has 0 radical (unpaired) electrons. The van der Waals surface area contributed by atoms with E-state index in [0.29, 0.717) is 17.7 Å². The summed E-state index contributed by atoms with van der Waals surface area (Å²) in [6.07, 6.45) is -0.611. The Balaban J connectivity index is 3.13. The van der Waals surface area contributed by atoms with Crippen LogP contribution in [0.1, 0.15) is 24.2 Å². The Morgan fingerprint density at radius 1 is 1.50 bits per heavy atom. The van der Waals surface area contributed by atoms with Crippen LogP contribution in [-0.4, -0.2) is 18.8 Å². The molecule has 1 aromatic rings. The van der Waals surface area contributed by atoms with Crippen LogP contribution >= 0.6 is 0 Å². The van der Waals surface area contributed by atoms with Crippen LogP contribution in [0.2, 0.25) is 0 Å². The van der Waals surface area contributed by atoms with Crippen molar-refractivity contribution in [1.29, 1.82) is 0 Å². The lowest BCUT2D eigenvalue weighted by Crippen LogP contribution is -2.01. The molecule has 0 aromatic heterocycles. The van der Waals surface area contributed by atoms with Gasteiger partial charge in [-0.2, -0.15) is 0 Å². The highest BCUT2D eigenvalue weighted by Gasteiger charge is 2.12. The topological polar surface area (TPSA) is 29.5 Å².